The first-order chi connectivity index (χ1) is 8.88. The van der Waals surface area contributed by atoms with Crippen LogP contribution in [-0.4, -0.2) is 42.9 Å². The van der Waals surface area contributed by atoms with Gasteiger partial charge in [0.1, 0.15) is 0 Å². The number of hydrogen-bond donors (Lipinski definition) is 2. The van der Waals surface area contributed by atoms with E-state index in [1.807, 2.05) is 0 Å². The van der Waals surface area contributed by atoms with E-state index in [0.717, 1.165) is 12.8 Å². The number of nitrogens with one attached hydrogen (secondary N) is 1. The molecule has 0 aromatic heterocycles. The average molecular weight is 290 g/mol. The minimum atomic E-state index is -3.46. The second-order valence-corrected chi connectivity index (χ2v) is 7.48. The SMILES string of the molecule is CC1CCCN(S(=O)(=O)NC2CCC(C(=O)O)C2)C1. The Morgan fingerprint density at radius 2 is 2.05 bits per heavy atom. The number of carboxylic acids is 1. The highest BCUT2D eigenvalue weighted by atomic mass is 32.2. The molecule has 3 unspecified atom stereocenters. The Labute approximate surface area is 114 Å². The summed E-state index contributed by atoms with van der Waals surface area (Å²) in [6.07, 6.45) is 3.53. The second kappa shape index (κ2) is 5.76. The summed E-state index contributed by atoms with van der Waals surface area (Å²) < 4.78 is 28.6. The highest BCUT2D eigenvalue weighted by Crippen LogP contribution is 2.27. The number of carboxylic acid groups (broad SMARTS) is 1. The van der Waals surface area contributed by atoms with Crippen LogP contribution in [0.25, 0.3) is 0 Å². The Morgan fingerprint density at radius 3 is 2.63 bits per heavy atom. The monoisotopic (exact) mass is 290 g/mol. The molecule has 6 nitrogen and oxygen atoms in total. The van der Waals surface area contributed by atoms with Crippen LogP contribution in [-0.2, 0) is 15.0 Å². The van der Waals surface area contributed by atoms with E-state index in [9.17, 15) is 13.2 Å². The molecule has 2 fully saturated rings. The van der Waals surface area contributed by atoms with Gasteiger partial charge in [-0.1, -0.05) is 6.92 Å². The van der Waals surface area contributed by atoms with Crippen molar-refractivity contribution < 1.29 is 18.3 Å². The molecule has 19 heavy (non-hydrogen) atoms. The number of rotatable bonds is 4. The third kappa shape index (κ3) is 3.67. The van der Waals surface area contributed by atoms with Crippen LogP contribution in [0.4, 0.5) is 0 Å². The molecule has 1 aliphatic heterocycles. The Balaban J connectivity index is 1.92. The predicted molar refractivity (Wildman–Crippen MR) is 70.8 cm³/mol. The summed E-state index contributed by atoms with van der Waals surface area (Å²) in [4.78, 5) is 10.9. The molecular formula is C12H22N2O4S. The van der Waals surface area contributed by atoms with Gasteiger partial charge in [0.25, 0.3) is 10.2 Å². The van der Waals surface area contributed by atoms with E-state index in [-0.39, 0.29) is 6.04 Å². The van der Waals surface area contributed by atoms with Gasteiger partial charge < -0.3 is 5.11 Å². The fraction of sp³-hybridized carbons (Fsp3) is 0.917. The van der Waals surface area contributed by atoms with E-state index < -0.39 is 22.1 Å². The maximum absolute atomic E-state index is 12.2. The highest BCUT2D eigenvalue weighted by Gasteiger charge is 2.34. The maximum Gasteiger partial charge on any atom is 0.306 e. The van der Waals surface area contributed by atoms with E-state index >= 15 is 0 Å². The summed E-state index contributed by atoms with van der Waals surface area (Å²) in [7, 11) is -3.46. The van der Waals surface area contributed by atoms with Gasteiger partial charge in [-0.05, 0) is 38.0 Å². The van der Waals surface area contributed by atoms with Crippen LogP contribution in [0.3, 0.4) is 0 Å². The lowest BCUT2D eigenvalue weighted by molar-refractivity contribution is -0.141. The number of hydrogen-bond acceptors (Lipinski definition) is 3. The topological polar surface area (TPSA) is 86.7 Å². The van der Waals surface area contributed by atoms with Crippen molar-refractivity contribution in [3.63, 3.8) is 0 Å². The molecular weight excluding hydrogens is 268 g/mol. The smallest absolute Gasteiger partial charge is 0.306 e. The first kappa shape index (κ1) is 14.7. The molecule has 1 heterocycles. The van der Waals surface area contributed by atoms with Crippen molar-refractivity contribution in [1.29, 1.82) is 0 Å². The zero-order valence-electron chi connectivity index (χ0n) is 11.2. The van der Waals surface area contributed by atoms with Crippen LogP contribution in [0.1, 0.15) is 39.0 Å². The molecule has 110 valence electrons. The van der Waals surface area contributed by atoms with Crippen molar-refractivity contribution in [1.82, 2.24) is 9.03 Å². The van der Waals surface area contributed by atoms with Crippen molar-refractivity contribution in [2.45, 2.75) is 45.1 Å². The van der Waals surface area contributed by atoms with Gasteiger partial charge in [-0.2, -0.15) is 17.4 Å². The van der Waals surface area contributed by atoms with Gasteiger partial charge in [-0.3, -0.25) is 4.79 Å². The van der Waals surface area contributed by atoms with Gasteiger partial charge in [0.2, 0.25) is 0 Å². The predicted octanol–water partition coefficient (Wildman–Crippen LogP) is 0.806. The molecule has 2 rings (SSSR count). The summed E-state index contributed by atoms with van der Waals surface area (Å²) in [5.41, 5.74) is 0. The molecule has 1 aliphatic carbocycles. The average Bonchev–Trinajstić information content (AvgIpc) is 2.77. The fourth-order valence-corrected chi connectivity index (χ4v) is 4.57. The van der Waals surface area contributed by atoms with E-state index in [4.69, 9.17) is 5.11 Å². The molecule has 7 heteroatoms. The Hall–Kier alpha value is -0.660. The first-order valence-corrected chi connectivity index (χ1v) is 8.32. The number of aliphatic carboxylic acids is 1. The Kier molecular flexibility index (Phi) is 4.47. The van der Waals surface area contributed by atoms with E-state index in [0.29, 0.717) is 38.3 Å². The molecule has 0 radical (unpaired) electrons. The molecule has 0 aromatic carbocycles. The molecule has 0 bridgehead atoms. The first-order valence-electron chi connectivity index (χ1n) is 6.88. The molecule has 0 spiro atoms. The van der Waals surface area contributed by atoms with Crippen LogP contribution in [0.2, 0.25) is 0 Å². The van der Waals surface area contributed by atoms with Crippen molar-refractivity contribution in [3.05, 3.63) is 0 Å². The quantitative estimate of drug-likeness (QED) is 0.802. The van der Waals surface area contributed by atoms with Crippen LogP contribution in [0.15, 0.2) is 0 Å². The van der Waals surface area contributed by atoms with Crippen molar-refractivity contribution >= 4 is 16.2 Å². The zero-order chi connectivity index (χ0) is 14.0. The largest absolute Gasteiger partial charge is 0.481 e. The van der Waals surface area contributed by atoms with Gasteiger partial charge in [-0.15, -0.1) is 0 Å². The van der Waals surface area contributed by atoms with Crippen LogP contribution < -0.4 is 4.72 Å². The number of carbonyl (C=O) groups is 1. The normalized spacial score (nSPS) is 33.4. The Bertz CT molecular complexity index is 437. The maximum atomic E-state index is 12.2. The minimum absolute atomic E-state index is 0.233. The second-order valence-electron chi connectivity index (χ2n) is 5.77. The minimum Gasteiger partial charge on any atom is -0.481 e. The summed E-state index contributed by atoms with van der Waals surface area (Å²) >= 11 is 0. The van der Waals surface area contributed by atoms with Gasteiger partial charge >= 0.3 is 5.97 Å². The molecule has 0 aromatic rings. The van der Waals surface area contributed by atoms with Crippen molar-refractivity contribution in [2.75, 3.05) is 13.1 Å². The Morgan fingerprint density at radius 1 is 1.32 bits per heavy atom. The lowest BCUT2D eigenvalue weighted by Gasteiger charge is -2.31. The summed E-state index contributed by atoms with van der Waals surface area (Å²) in [6.45, 7) is 3.18. The summed E-state index contributed by atoms with van der Waals surface area (Å²) in [5, 5.41) is 8.93. The van der Waals surface area contributed by atoms with Gasteiger partial charge in [0.05, 0.1) is 5.92 Å². The number of piperidine rings is 1. The third-order valence-corrected chi connectivity index (χ3v) is 5.70. The fourth-order valence-electron chi connectivity index (χ4n) is 2.96. The van der Waals surface area contributed by atoms with E-state index in [1.165, 1.54) is 4.31 Å². The molecule has 2 aliphatic rings. The van der Waals surface area contributed by atoms with Crippen LogP contribution >= 0.6 is 0 Å². The molecule has 1 saturated heterocycles. The van der Waals surface area contributed by atoms with E-state index in [2.05, 4.69) is 11.6 Å². The van der Waals surface area contributed by atoms with Crippen molar-refractivity contribution in [3.8, 4) is 0 Å². The molecule has 0 amide bonds. The van der Waals surface area contributed by atoms with Crippen molar-refractivity contribution in [2.24, 2.45) is 11.8 Å². The lowest BCUT2D eigenvalue weighted by Crippen LogP contribution is -2.48. The summed E-state index contributed by atoms with van der Waals surface area (Å²) in [6, 6.07) is -0.233. The number of nitrogens with zero attached hydrogens (tertiary/aromatic N) is 1. The molecule has 2 N–H and O–H groups in total. The highest BCUT2D eigenvalue weighted by molar-refractivity contribution is 7.87. The lowest BCUT2D eigenvalue weighted by atomic mass is 10.0. The third-order valence-electron chi connectivity index (χ3n) is 4.06. The van der Waals surface area contributed by atoms with Gasteiger partial charge in [0, 0.05) is 19.1 Å². The molecule has 3 atom stereocenters. The van der Waals surface area contributed by atoms with Crippen LogP contribution in [0, 0.1) is 11.8 Å². The summed E-state index contributed by atoms with van der Waals surface area (Å²) in [5.74, 6) is -0.845. The zero-order valence-corrected chi connectivity index (χ0v) is 12.0. The standard InChI is InChI=1S/C12H22N2O4S/c1-9-3-2-6-14(8-9)19(17,18)13-11-5-4-10(7-11)12(15)16/h9-11,13H,2-8H2,1H3,(H,15,16). The van der Waals surface area contributed by atoms with Gasteiger partial charge in [-0.25, -0.2) is 0 Å². The molecule has 1 saturated carbocycles. The van der Waals surface area contributed by atoms with E-state index in [1.54, 1.807) is 0 Å². The van der Waals surface area contributed by atoms with Gasteiger partial charge in [0.15, 0.2) is 0 Å². The van der Waals surface area contributed by atoms with Crippen LogP contribution in [0.5, 0.6) is 0 Å².